The Balaban J connectivity index is 2.25. The second kappa shape index (κ2) is 10.2. The largest absolute Gasteiger partial charge is 0.484 e. The van der Waals surface area contributed by atoms with Crippen molar-refractivity contribution in [2.75, 3.05) is 6.61 Å². The first-order chi connectivity index (χ1) is 14.0. The van der Waals surface area contributed by atoms with Gasteiger partial charge in [0.1, 0.15) is 11.8 Å². The highest BCUT2D eigenvalue weighted by Crippen LogP contribution is 2.26. The molecule has 0 saturated heterocycles. The van der Waals surface area contributed by atoms with Crippen LogP contribution in [-0.2, 0) is 16.1 Å². The summed E-state index contributed by atoms with van der Waals surface area (Å²) in [6.07, 6.45) is 0. The average Bonchev–Trinajstić information content (AvgIpc) is 2.64. The molecule has 30 heavy (non-hydrogen) atoms. The minimum atomic E-state index is -0.745. The molecule has 162 valence electrons. The number of carbonyl (C=O) groups is 2. The highest BCUT2D eigenvalue weighted by atomic mass is 35.5. The molecule has 7 heteroatoms. The summed E-state index contributed by atoms with van der Waals surface area (Å²) >= 11 is 12.6. The number of hydrogen-bond donors (Lipinski definition) is 1. The Labute approximate surface area is 188 Å². The van der Waals surface area contributed by atoms with Gasteiger partial charge < -0.3 is 15.0 Å². The van der Waals surface area contributed by atoms with Gasteiger partial charge in [0, 0.05) is 27.7 Å². The molecule has 2 aromatic rings. The van der Waals surface area contributed by atoms with Gasteiger partial charge >= 0.3 is 0 Å². The van der Waals surface area contributed by atoms with Crippen LogP contribution in [0.5, 0.6) is 5.75 Å². The quantitative estimate of drug-likeness (QED) is 0.644. The molecule has 1 N–H and O–H groups in total. The number of halogens is 2. The number of aryl methyl sites for hydroxylation is 1. The van der Waals surface area contributed by atoms with E-state index < -0.39 is 11.6 Å². The zero-order chi connectivity index (χ0) is 22.5. The number of rotatable bonds is 7. The molecule has 5 nitrogen and oxygen atoms in total. The summed E-state index contributed by atoms with van der Waals surface area (Å²) in [4.78, 5) is 27.3. The van der Waals surface area contributed by atoms with Gasteiger partial charge in [-0.25, -0.2) is 0 Å². The molecular formula is C23H28Cl2N2O3. The highest BCUT2D eigenvalue weighted by Gasteiger charge is 2.29. The maximum atomic E-state index is 13.1. The standard InChI is InChI=1S/C23H28Cl2N2O3/c1-15-8-6-9-17(12-15)30-14-21(28)27(16(2)22(29)26-23(3,4)5)13-18-19(24)10-7-11-20(18)25/h6-12,16H,13-14H2,1-5H3,(H,26,29)/t16-/m1/s1. The number of nitrogens with one attached hydrogen (secondary N) is 1. The van der Waals surface area contributed by atoms with Crippen LogP contribution in [-0.4, -0.2) is 34.9 Å². The summed E-state index contributed by atoms with van der Waals surface area (Å²) < 4.78 is 5.67. The van der Waals surface area contributed by atoms with E-state index in [1.165, 1.54) is 4.90 Å². The molecule has 0 bridgehead atoms. The molecule has 0 unspecified atom stereocenters. The molecule has 0 aliphatic rings. The molecule has 2 amide bonds. The maximum absolute atomic E-state index is 13.1. The predicted octanol–water partition coefficient (Wildman–Crippen LogP) is 5.01. The van der Waals surface area contributed by atoms with Crippen molar-refractivity contribution in [1.82, 2.24) is 10.2 Å². The Morgan fingerprint density at radius 2 is 1.70 bits per heavy atom. The molecule has 0 spiro atoms. The number of hydrogen-bond acceptors (Lipinski definition) is 3. The predicted molar refractivity (Wildman–Crippen MR) is 121 cm³/mol. The highest BCUT2D eigenvalue weighted by molar-refractivity contribution is 6.36. The lowest BCUT2D eigenvalue weighted by atomic mass is 10.1. The third-order valence-electron chi connectivity index (χ3n) is 4.41. The van der Waals surface area contributed by atoms with Crippen molar-refractivity contribution in [2.45, 2.75) is 52.7 Å². The van der Waals surface area contributed by atoms with Crippen LogP contribution < -0.4 is 10.1 Å². The average molecular weight is 451 g/mol. The van der Waals surface area contributed by atoms with E-state index in [1.54, 1.807) is 31.2 Å². The minimum absolute atomic E-state index is 0.0905. The zero-order valence-corrected chi connectivity index (χ0v) is 19.5. The number of carbonyl (C=O) groups excluding carboxylic acids is 2. The summed E-state index contributed by atoms with van der Waals surface area (Å²) in [5, 5.41) is 3.78. The first-order valence-corrected chi connectivity index (χ1v) is 10.5. The maximum Gasteiger partial charge on any atom is 0.261 e. The third-order valence-corrected chi connectivity index (χ3v) is 5.12. The number of ether oxygens (including phenoxy) is 1. The van der Waals surface area contributed by atoms with Crippen LogP contribution in [0.25, 0.3) is 0 Å². The second-order valence-electron chi connectivity index (χ2n) is 8.24. The summed E-state index contributed by atoms with van der Waals surface area (Å²) in [6, 6.07) is 11.8. The lowest BCUT2D eigenvalue weighted by Gasteiger charge is -2.31. The van der Waals surface area contributed by atoms with Gasteiger partial charge in [-0.2, -0.15) is 0 Å². The smallest absolute Gasteiger partial charge is 0.261 e. The van der Waals surface area contributed by atoms with Crippen molar-refractivity contribution in [3.8, 4) is 5.75 Å². The molecule has 0 fully saturated rings. The Morgan fingerprint density at radius 1 is 1.10 bits per heavy atom. The number of amides is 2. The van der Waals surface area contributed by atoms with Gasteiger partial charge in [0.25, 0.3) is 5.91 Å². The summed E-state index contributed by atoms with van der Waals surface area (Å²) in [7, 11) is 0. The molecule has 0 saturated carbocycles. The molecule has 0 aliphatic carbocycles. The molecule has 0 aromatic heterocycles. The van der Waals surface area contributed by atoms with E-state index in [-0.39, 0.29) is 25.0 Å². The van der Waals surface area contributed by atoms with Crippen LogP contribution in [0.4, 0.5) is 0 Å². The fourth-order valence-corrected chi connectivity index (χ4v) is 3.36. The third kappa shape index (κ3) is 6.92. The normalized spacial score (nSPS) is 12.2. The van der Waals surface area contributed by atoms with Gasteiger partial charge in [-0.1, -0.05) is 41.4 Å². The number of nitrogens with zero attached hydrogens (tertiary/aromatic N) is 1. The summed E-state index contributed by atoms with van der Waals surface area (Å²) in [5.41, 5.74) is 1.18. The lowest BCUT2D eigenvalue weighted by Crippen LogP contribution is -2.53. The molecule has 2 aromatic carbocycles. The second-order valence-corrected chi connectivity index (χ2v) is 9.06. The van der Waals surface area contributed by atoms with Crippen LogP contribution >= 0.6 is 23.2 Å². The van der Waals surface area contributed by atoms with Crippen LogP contribution in [0.15, 0.2) is 42.5 Å². The molecule has 0 heterocycles. The Hall–Kier alpha value is -2.24. The van der Waals surface area contributed by atoms with E-state index in [2.05, 4.69) is 5.32 Å². The monoisotopic (exact) mass is 450 g/mol. The summed E-state index contributed by atoms with van der Waals surface area (Å²) in [5.74, 6) is -0.0236. The van der Waals surface area contributed by atoms with Crippen molar-refractivity contribution >= 4 is 35.0 Å². The van der Waals surface area contributed by atoms with Gasteiger partial charge in [0.05, 0.1) is 0 Å². The molecular weight excluding hydrogens is 423 g/mol. The van der Waals surface area contributed by atoms with Crippen LogP contribution in [0.1, 0.15) is 38.8 Å². The Kier molecular flexibility index (Phi) is 8.16. The van der Waals surface area contributed by atoms with Gasteiger partial charge in [-0.05, 0) is 64.4 Å². The SMILES string of the molecule is Cc1cccc(OCC(=O)N(Cc2c(Cl)cccc2Cl)[C@H](C)C(=O)NC(C)(C)C)c1. The molecule has 0 aliphatic heterocycles. The van der Waals surface area contributed by atoms with Crippen LogP contribution in [0.2, 0.25) is 10.0 Å². The van der Waals surface area contributed by atoms with Crippen molar-refractivity contribution in [2.24, 2.45) is 0 Å². The van der Waals surface area contributed by atoms with Gasteiger partial charge in [0.15, 0.2) is 6.61 Å². The molecule has 0 radical (unpaired) electrons. The number of benzene rings is 2. The van der Waals surface area contributed by atoms with Crippen molar-refractivity contribution in [3.63, 3.8) is 0 Å². The lowest BCUT2D eigenvalue weighted by molar-refractivity contribution is -0.142. The van der Waals surface area contributed by atoms with E-state index in [0.29, 0.717) is 21.4 Å². The molecule has 2 rings (SSSR count). The van der Waals surface area contributed by atoms with E-state index >= 15 is 0 Å². The van der Waals surface area contributed by atoms with E-state index in [0.717, 1.165) is 5.56 Å². The Bertz CT molecular complexity index is 889. The van der Waals surface area contributed by atoms with Gasteiger partial charge in [0.2, 0.25) is 5.91 Å². The molecule has 1 atom stereocenters. The topological polar surface area (TPSA) is 58.6 Å². The van der Waals surface area contributed by atoms with E-state index in [4.69, 9.17) is 27.9 Å². The van der Waals surface area contributed by atoms with E-state index in [1.807, 2.05) is 45.9 Å². The van der Waals surface area contributed by atoms with Gasteiger partial charge in [-0.3, -0.25) is 9.59 Å². The van der Waals surface area contributed by atoms with Crippen molar-refractivity contribution < 1.29 is 14.3 Å². The minimum Gasteiger partial charge on any atom is -0.484 e. The summed E-state index contributed by atoms with van der Waals surface area (Å²) in [6.45, 7) is 9.16. The van der Waals surface area contributed by atoms with Crippen molar-refractivity contribution in [1.29, 1.82) is 0 Å². The van der Waals surface area contributed by atoms with Gasteiger partial charge in [-0.15, -0.1) is 0 Å². The van der Waals surface area contributed by atoms with E-state index in [9.17, 15) is 9.59 Å². The van der Waals surface area contributed by atoms with Crippen molar-refractivity contribution in [3.05, 3.63) is 63.6 Å². The fraction of sp³-hybridized carbons (Fsp3) is 0.391. The van der Waals surface area contributed by atoms with Crippen LogP contribution in [0, 0.1) is 6.92 Å². The first-order valence-electron chi connectivity index (χ1n) is 9.72. The first kappa shape index (κ1) is 24.0. The van der Waals surface area contributed by atoms with Crippen LogP contribution in [0.3, 0.4) is 0 Å². The fourth-order valence-electron chi connectivity index (χ4n) is 2.84. The Morgan fingerprint density at radius 3 is 2.27 bits per heavy atom. The zero-order valence-electron chi connectivity index (χ0n) is 18.0.